The van der Waals surface area contributed by atoms with Gasteiger partial charge in [0, 0.05) is 9.13 Å². The van der Waals surface area contributed by atoms with Gasteiger partial charge in [0.05, 0.1) is 22.0 Å². The van der Waals surface area contributed by atoms with Crippen molar-refractivity contribution >= 4 is 61.4 Å². The van der Waals surface area contributed by atoms with E-state index in [2.05, 4.69) is 10.5 Å². The number of anilines is 3. The van der Waals surface area contributed by atoms with Crippen LogP contribution in [0.25, 0.3) is 11.1 Å². The summed E-state index contributed by atoms with van der Waals surface area (Å²) in [6.45, 7) is 0. The highest BCUT2D eigenvalue weighted by Gasteiger charge is 2.27. The molecule has 0 fully saturated rings. The molecule has 2 aromatic carbocycles. The number of sulfonamides is 1. The van der Waals surface area contributed by atoms with Crippen LogP contribution >= 0.6 is 34.2 Å². The zero-order chi connectivity index (χ0) is 19.9. The van der Waals surface area contributed by atoms with E-state index < -0.39 is 32.2 Å². The molecule has 0 aliphatic carbocycles. The van der Waals surface area contributed by atoms with Crippen LogP contribution in [-0.4, -0.2) is 13.6 Å². The Labute approximate surface area is 170 Å². The minimum Gasteiger partial charge on any atom is -0.380 e. The van der Waals surface area contributed by atoms with Gasteiger partial charge >= 0.3 is 0 Å². The van der Waals surface area contributed by atoms with Crippen LogP contribution in [0.15, 0.2) is 39.9 Å². The Balaban J connectivity index is 2.29. The second-order valence-corrected chi connectivity index (χ2v) is 8.52. The summed E-state index contributed by atoms with van der Waals surface area (Å²) >= 11 is 8.16. The molecule has 0 aliphatic heterocycles. The van der Waals surface area contributed by atoms with Crippen LogP contribution in [0, 0.1) is 15.2 Å². The number of rotatable bonds is 4. The third kappa shape index (κ3) is 3.85. The normalized spacial score (nSPS) is 11.6. The van der Waals surface area contributed by atoms with Gasteiger partial charge in [-0.1, -0.05) is 16.8 Å². The molecule has 5 N–H and O–H groups in total. The van der Waals surface area contributed by atoms with Crippen molar-refractivity contribution in [1.29, 1.82) is 0 Å². The molecular formula is C15H10ClF2IN4O3S. The van der Waals surface area contributed by atoms with Crippen molar-refractivity contribution in [3.05, 3.63) is 50.8 Å². The van der Waals surface area contributed by atoms with Crippen molar-refractivity contribution < 1.29 is 21.7 Å². The van der Waals surface area contributed by atoms with Crippen molar-refractivity contribution in [2.24, 2.45) is 5.14 Å². The molecule has 0 amide bonds. The Morgan fingerprint density at radius 3 is 2.44 bits per heavy atom. The number of hydrogen-bond acceptors (Lipinski definition) is 6. The molecule has 3 rings (SSSR count). The van der Waals surface area contributed by atoms with E-state index in [4.69, 9.17) is 27.0 Å². The number of nitrogens with one attached hydrogen (secondary N) is 1. The first-order chi connectivity index (χ1) is 12.6. The molecule has 0 saturated heterocycles. The van der Waals surface area contributed by atoms with Gasteiger partial charge in [0.2, 0.25) is 10.0 Å². The lowest BCUT2D eigenvalue weighted by atomic mass is 10.1. The number of nitrogens with two attached hydrogens (primary N) is 2. The molecule has 3 aromatic rings. The van der Waals surface area contributed by atoms with Gasteiger partial charge < -0.3 is 15.6 Å². The molecule has 0 unspecified atom stereocenters. The molecule has 1 aromatic heterocycles. The molecule has 12 heteroatoms. The third-order valence-electron chi connectivity index (χ3n) is 3.56. The Bertz CT molecular complexity index is 1150. The highest BCUT2D eigenvalue weighted by atomic mass is 127. The van der Waals surface area contributed by atoms with Gasteiger partial charge in [-0.15, -0.1) is 0 Å². The molecule has 142 valence electrons. The average molecular weight is 527 g/mol. The zero-order valence-corrected chi connectivity index (χ0v) is 16.9. The fourth-order valence-corrected chi connectivity index (χ4v) is 3.84. The van der Waals surface area contributed by atoms with E-state index in [1.807, 2.05) is 22.6 Å². The summed E-state index contributed by atoms with van der Waals surface area (Å²) in [4.78, 5) is -1.03. The van der Waals surface area contributed by atoms with Crippen LogP contribution in [-0.2, 0) is 10.0 Å². The van der Waals surface area contributed by atoms with Crippen molar-refractivity contribution in [2.45, 2.75) is 4.90 Å². The lowest BCUT2D eigenvalue weighted by molar-refractivity contribution is 0.423. The first kappa shape index (κ1) is 19.8. The van der Waals surface area contributed by atoms with E-state index in [9.17, 15) is 17.2 Å². The van der Waals surface area contributed by atoms with E-state index in [0.717, 1.165) is 15.9 Å². The third-order valence-corrected chi connectivity index (χ3v) is 5.45. The average Bonchev–Trinajstić information content (AvgIpc) is 2.99. The Morgan fingerprint density at radius 2 is 1.89 bits per heavy atom. The number of hydrogen-bond donors (Lipinski definition) is 3. The number of halogens is 4. The predicted molar refractivity (Wildman–Crippen MR) is 105 cm³/mol. The lowest BCUT2D eigenvalue weighted by Crippen LogP contribution is -2.16. The fourth-order valence-electron chi connectivity index (χ4n) is 2.32. The number of aromatic nitrogens is 1. The summed E-state index contributed by atoms with van der Waals surface area (Å²) in [6, 6.07) is 5.69. The van der Waals surface area contributed by atoms with Crippen LogP contribution in [0.2, 0.25) is 5.02 Å². The number of benzene rings is 2. The largest absolute Gasteiger partial charge is 0.380 e. The highest BCUT2D eigenvalue weighted by Crippen LogP contribution is 2.40. The minimum absolute atomic E-state index is 0.0444. The summed E-state index contributed by atoms with van der Waals surface area (Å²) in [5, 5.41) is 11.3. The molecule has 7 nitrogen and oxygen atoms in total. The summed E-state index contributed by atoms with van der Waals surface area (Å²) in [5.41, 5.74) is 5.46. The number of primary sulfonamides is 1. The van der Waals surface area contributed by atoms with Crippen LogP contribution in [0.5, 0.6) is 0 Å². The molecule has 0 spiro atoms. The first-order valence-corrected chi connectivity index (χ1v) is 10.1. The maximum Gasteiger partial charge on any atom is 0.241 e. The van der Waals surface area contributed by atoms with E-state index in [-0.39, 0.29) is 27.7 Å². The first-order valence-electron chi connectivity index (χ1n) is 7.06. The van der Waals surface area contributed by atoms with E-state index in [1.54, 1.807) is 18.2 Å². The molecule has 0 bridgehead atoms. The van der Waals surface area contributed by atoms with Gasteiger partial charge in [0.15, 0.2) is 17.5 Å². The molecule has 0 atom stereocenters. The second kappa shape index (κ2) is 7.22. The van der Waals surface area contributed by atoms with Gasteiger partial charge in [-0.05, 0) is 46.9 Å². The second-order valence-electron chi connectivity index (χ2n) is 5.33. The van der Waals surface area contributed by atoms with E-state index in [0.29, 0.717) is 0 Å². The van der Waals surface area contributed by atoms with Crippen molar-refractivity contribution in [3.63, 3.8) is 0 Å². The van der Waals surface area contributed by atoms with Crippen molar-refractivity contribution in [1.82, 2.24) is 5.16 Å². The summed E-state index contributed by atoms with van der Waals surface area (Å²) in [6.07, 6.45) is 1.07. The van der Waals surface area contributed by atoms with Crippen molar-refractivity contribution in [3.8, 4) is 11.1 Å². The lowest BCUT2D eigenvalue weighted by Gasteiger charge is -2.16. The van der Waals surface area contributed by atoms with E-state index >= 15 is 0 Å². The van der Waals surface area contributed by atoms with E-state index in [1.165, 1.54) is 0 Å². The summed E-state index contributed by atoms with van der Waals surface area (Å²) in [5.74, 6) is -3.27. The number of nitrogen functional groups attached to an aromatic ring is 1. The van der Waals surface area contributed by atoms with Crippen molar-refractivity contribution in [2.75, 3.05) is 11.1 Å². The van der Waals surface area contributed by atoms with Gasteiger partial charge in [-0.3, -0.25) is 0 Å². The maximum atomic E-state index is 14.8. The highest BCUT2D eigenvalue weighted by molar-refractivity contribution is 14.1. The van der Waals surface area contributed by atoms with Gasteiger partial charge in [0.1, 0.15) is 11.2 Å². The number of nitrogens with zero attached hydrogens (tertiary/aromatic N) is 1. The SMILES string of the molecule is Nc1nocc1-c1cc(S(N)(=O)=O)c(F)c(F)c1Nc1ccc(I)cc1Cl. The summed E-state index contributed by atoms with van der Waals surface area (Å²) in [7, 11) is -4.55. The quantitative estimate of drug-likeness (QED) is 0.444. The predicted octanol–water partition coefficient (Wildman–Crippen LogP) is 3.85. The minimum atomic E-state index is -4.55. The molecule has 1 heterocycles. The van der Waals surface area contributed by atoms with Crippen LogP contribution in [0.1, 0.15) is 0 Å². The Kier molecular flexibility index (Phi) is 5.29. The molecular weight excluding hydrogens is 517 g/mol. The Hall–Kier alpha value is -1.96. The molecule has 0 radical (unpaired) electrons. The zero-order valence-electron chi connectivity index (χ0n) is 13.1. The standard InChI is InChI=1S/C15H10ClF2IN4O3S/c16-9-3-6(19)1-2-10(9)22-14-7(8-5-26-23-15(8)20)4-11(27(21,24)25)12(17)13(14)18/h1-5,22H,(H2,20,23)(H2,21,24,25). The topological polar surface area (TPSA) is 124 Å². The van der Waals surface area contributed by atoms with Crippen LogP contribution in [0.3, 0.4) is 0 Å². The molecule has 0 saturated carbocycles. The molecule has 27 heavy (non-hydrogen) atoms. The van der Waals surface area contributed by atoms with Crippen LogP contribution in [0.4, 0.5) is 26.0 Å². The Morgan fingerprint density at radius 1 is 1.19 bits per heavy atom. The van der Waals surface area contributed by atoms with Crippen LogP contribution < -0.4 is 16.2 Å². The van der Waals surface area contributed by atoms with Gasteiger partial charge in [-0.25, -0.2) is 22.3 Å². The monoisotopic (exact) mass is 526 g/mol. The van der Waals surface area contributed by atoms with Gasteiger partial charge in [-0.2, -0.15) is 0 Å². The van der Waals surface area contributed by atoms with Gasteiger partial charge in [0.25, 0.3) is 0 Å². The fraction of sp³-hybridized carbons (Fsp3) is 0. The smallest absolute Gasteiger partial charge is 0.241 e. The molecule has 0 aliphatic rings. The summed E-state index contributed by atoms with van der Waals surface area (Å²) < 4.78 is 57.9. The maximum absolute atomic E-state index is 14.8.